The highest BCUT2D eigenvalue weighted by atomic mass is 35.5. The van der Waals surface area contributed by atoms with E-state index in [-0.39, 0.29) is 5.91 Å². The lowest BCUT2D eigenvalue weighted by Crippen LogP contribution is -2.38. The van der Waals surface area contributed by atoms with Crippen LogP contribution in [0.15, 0.2) is 24.3 Å². The number of likely N-dealkylation sites (tertiary alicyclic amines) is 1. The van der Waals surface area contributed by atoms with Crippen LogP contribution in [0.3, 0.4) is 0 Å². The van der Waals surface area contributed by atoms with Gasteiger partial charge in [-0.05, 0) is 43.5 Å². The topological polar surface area (TPSA) is 37.4 Å². The molecule has 1 aromatic rings. The second-order valence-electron chi connectivity index (χ2n) is 4.33. The second kappa shape index (κ2) is 4.88. The Morgan fingerprint density at radius 2 is 1.94 bits per heavy atom. The predicted molar refractivity (Wildman–Crippen MR) is 66.1 cm³/mol. The van der Waals surface area contributed by atoms with Gasteiger partial charge in [-0.1, -0.05) is 17.7 Å². The van der Waals surface area contributed by atoms with Crippen molar-refractivity contribution in [1.82, 2.24) is 4.90 Å². The fourth-order valence-corrected chi connectivity index (χ4v) is 2.33. The molecular formula is C13H14ClNO2. The molecular weight excluding hydrogens is 238 g/mol. The first-order valence-electron chi connectivity index (χ1n) is 5.66. The van der Waals surface area contributed by atoms with Crippen LogP contribution in [0.1, 0.15) is 28.8 Å². The van der Waals surface area contributed by atoms with Crippen LogP contribution in [0.4, 0.5) is 0 Å². The van der Waals surface area contributed by atoms with Gasteiger partial charge in [0.1, 0.15) is 6.04 Å². The Balaban J connectivity index is 2.19. The molecule has 0 aromatic heterocycles. The van der Waals surface area contributed by atoms with E-state index < -0.39 is 11.3 Å². The minimum Gasteiger partial charge on any atom is -0.327 e. The van der Waals surface area contributed by atoms with Crippen molar-refractivity contribution in [2.45, 2.75) is 25.8 Å². The molecule has 2 rings (SSSR count). The maximum atomic E-state index is 12.2. The summed E-state index contributed by atoms with van der Waals surface area (Å²) in [6.07, 6.45) is 1.50. The van der Waals surface area contributed by atoms with Gasteiger partial charge in [-0.2, -0.15) is 0 Å². The van der Waals surface area contributed by atoms with E-state index in [0.29, 0.717) is 18.5 Å². The monoisotopic (exact) mass is 251 g/mol. The summed E-state index contributed by atoms with van der Waals surface area (Å²) in [4.78, 5) is 25.0. The number of rotatable bonds is 2. The number of hydrogen-bond donors (Lipinski definition) is 0. The summed E-state index contributed by atoms with van der Waals surface area (Å²) >= 11 is 5.50. The fourth-order valence-electron chi connectivity index (χ4n) is 2.11. The van der Waals surface area contributed by atoms with E-state index in [1.54, 1.807) is 17.0 Å². The minimum absolute atomic E-state index is 0.110. The van der Waals surface area contributed by atoms with Crippen LogP contribution in [-0.2, 0) is 4.79 Å². The zero-order chi connectivity index (χ0) is 12.4. The highest BCUT2D eigenvalue weighted by Crippen LogP contribution is 2.22. The van der Waals surface area contributed by atoms with E-state index in [4.69, 9.17) is 11.6 Å². The van der Waals surface area contributed by atoms with Crippen molar-refractivity contribution in [2.24, 2.45) is 0 Å². The van der Waals surface area contributed by atoms with Crippen molar-refractivity contribution in [3.05, 3.63) is 35.4 Å². The van der Waals surface area contributed by atoms with Crippen LogP contribution < -0.4 is 0 Å². The molecule has 0 spiro atoms. The smallest absolute Gasteiger partial charge is 0.254 e. The highest BCUT2D eigenvalue weighted by Gasteiger charge is 2.33. The number of nitrogens with zero attached hydrogens (tertiary/aromatic N) is 1. The summed E-state index contributed by atoms with van der Waals surface area (Å²) in [6.45, 7) is 2.57. The van der Waals surface area contributed by atoms with E-state index in [1.807, 2.05) is 19.1 Å². The summed E-state index contributed by atoms with van der Waals surface area (Å²) in [6, 6.07) is 6.89. The van der Waals surface area contributed by atoms with Gasteiger partial charge in [0.15, 0.2) is 0 Å². The maximum absolute atomic E-state index is 12.2. The molecule has 90 valence electrons. The van der Waals surface area contributed by atoms with Gasteiger partial charge in [0.25, 0.3) is 5.91 Å². The lowest BCUT2D eigenvalue weighted by atomic mass is 10.1. The SMILES string of the molecule is Cc1ccc(C(=O)N2CCCC2C(=O)Cl)cc1. The van der Waals surface area contributed by atoms with Gasteiger partial charge in [-0.25, -0.2) is 0 Å². The molecule has 1 aliphatic rings. The standard InChI is InChI=1S/C13H14ClNO2/c1-9-4-6-10(7-5-9)13(17)15-8-2-3-11(15)12(14)16/h4-7,11H,2-3,8H2,1H3. The molecule has 1 aliphatic heterocycles. The Kier molecular flexibility index (Phi) is 3.48. The number of hydrogen-bond acceptors (Lipinski definition) is 2. The fraction of sp³-hybridized carbons (Fsp3) is 0.385. The number of amides is 1. The van der Waals surface area contributed by atoms with Crippen LogP contribution >= 0.6 is 11.6 Å². The highest BCUT2D eigenvalue weighted by molar-refractivity contribution is 6.64. The molecule has 1 unspecified atom stereocenters. The number of carbonyl (C=O) groups excluding carboxylic acids is 2. The van der Waals surface area contributed by atoms with Crippen molar-refractivity contribution in [3.8, 4) is 0 Å². The largest absolute Gasteiger partial charge is 0.327 e. The van der Waals surface area contributed by atoms with Crippen LogP contribution in [-0.4, -0.2) is 28.6 Å². The molecule has 0 bridgehead atoms. The van der Waals surface area contributed by atoms with Crippen LogP contribution in [0.25, 0.3) is 0 Å². The van der Waals surface area contributed by atoms with Gasteiger partial charge in [0, 0.05) is 12.1 Å². The molecule has 3 nitrogen and oxygen atoms in total. The van der Waals surface area contributed by atoms with Gasteiger partial charge in [-0.3, -0.25) is 9.59 Å². The average Bonchev–Trinajstić information content (AvgIpc) is 2.78. The molecule has 1 atom stereocenters. The second-order valence-corrected chi connectivity index (χ2v) is 4.70. The van der Waals surface area contributed by atoms with E-state index in [1.165, 1.54) is 0 Å². The van der Waals surface area contributed by atoms with Gasteiger partial charge >= 0.3 is 0 Å². The first kappa shape index (κ1) is 12.1. The van der Waals surface area contributed by atoms with Crippen LogP contribution in [0.2, 0.25) is 0 Å². The molecule has 1 saturated heterocycles. The molecule has 1 heterocycles. The van der Waals surface area contributed by atoms with Crippen molar-refractivity contribution < 1.29 is 9.59 Å². The molecule has 17 heavy (non-hydrogen) atoms. The van der Waals surface area contributed by atoms with Crippen LogP contribution in [0, 0.1) is 6.92 Å². The Morgan fingerprint density at radius 3 is 2.53 bits per heavy atom. The third kappa shape index (κ3) is 2.50. The van der Waals surface area contributed by atoms with Crippen molar-refractivity contribution in [2.75, 3.05) is 6.54 Å². The lowest BCUT2D eigenvalue weighted by Gasteiger charge is -2.21. The van der Waals surface area contributed by atoms with E-state index >= 15 is 0 Å². The normalized spacial score (nSPS) is 19.4. The maximum Gasteiger partial charge on any atom is 0.254 e. The van der Waals surface area contributed by atoms with Gasteiger partial charge in [-0.15, -0.1) is 0 Å². The Hall–Kier alpha value is -1.35. The predicted octanol–water partition coefficient (Wildman–Crippen LogP) is 2.37. The average molecular weight is 252 g/mol. The summed E-state index contributed by atoms with van der Waals surface area (Å²) in [5.74, 6) is -0.110. The molecule has 0 saturated carbocycles. The Labute approximate surface area is 105 Å². The summed E-state index contributed by atoms with van der Waals surface area (Å²) in [5, 5.41) is -0.442. The molecule has 4 heteroatoms. The molecule has 1 aromatic carbocycles. The third-order valence-electron chi connectivity index (χ3n) is 3.07. The van der Waals surface area contributed by atoms with Gasteiger partial charge in [0.05, 0.1) is 0 Å². The number of carbonyl (C=O) groups is 2. The summed E-state index contributed by atoms with van der Waals surface area (Å²) in [5.41, 5.74) is 1.72. The summed E-state index contributed by atoms with van der Waals surface area (Å²) < 4.78 is 0. The molecule has 0 aliphatic carbocycles. The molecule has 0 N–H and O–H groups in total. The Bertz CT molecular complexity index is 441. The zero-order valence-corrected chi connectivity index (χ0v) is 10.4. The Morgan fingerprint density at radius 1 is 1.29 bits per heavy atom. The van der Waals surface area contributed by atoms with Crippen molar-refractivity contribution in [1.29, 1.82) is 0 Å². The molecule has 0 radical (unpaired) electrons. The first-order valence-corrected chi connectivity index (χ1v) is 6.04. The van der Waals surface area contributed by atoms with E-state index in [9.17, 15) is 9.59 Å². The number of aryl methyl sites for hydroxylation is 1. The van der Waals surface area contributed by atoms with Crippen molar-refractivity contribution in [3.63, 3.8) is 0 Å². The molecule has 1 amide bonds. The first-order chi connectivity index (χ1) is 8.09. The zero-order valence-electron chi connectivity index (χ0n) is 9.65. The van der Waals surface area contributed by atoms with Crippen molar-refractivity contribution >= 4 is 22.8 Å². The quantitative estimate of drug-likeness (QED) is 0.757. The van der Waals surface area contributed by atoms with Crippen LogP contribution in [0.5, 0.6) is 0 Å². The van der Waals surface area contributed by atoms with E-state index in [0.717, 1.165) is 12.0 Å². The number of halogens is 1. The third-order valence-corrected chi connectivity index (χ3v) is 3.33. The molecule has 1 fully saturated rings. The minimum atomic E-state index is -0.453. The van der Waals surface area contributed by atoms with Gasteiger partial charge in [0.2, 0.25) is 5.24 Å². The number of benzene rings is 1. The summed E-state index contributed by atoms with van der Waals surface area (Å²) in [7, 11) is 0. The van der Waals surface area contributed by atoms with E-state index in [2.05, 4.69) is 0 Å². The van der Waals surface area contributed by atoms with Gasteiger partial charge < -0.3 is 4.90 Å². The lowest BCUT2D eigenvalue weighted by molar-refractivity contribution is -0.115.